The van der Waals surface area contributed by atoms with Gasteiger partial charge < -0.3 is 9.30 Å². The Hall–Kier alpha value is -1.86. The molecule has 3 aromatic rings. The third-order valence-corrected chi connectivity index (χ3v) is 8.92. The Bertz CT molecular complexity index is 1210. The number of benzene rings is 2. The van der Waals surface area contributed by atoms with E-state index < -0.39 is 10.0 Å². The minimum absolute atomic E-state index is 0.341. The molecule has 1 aliphatic rings. The molecule has 7 heteroatoms. The number of halogens is 1. The third kappa shape index (κ3) is 4.46. The molecule has 2 aromatic carbocycles. The number of aromatic nitrogens is 1. The Morgan fingerprint density at radius 3 is 2.53 bits per heavy atom. The maximum absolute atomic E-state index is 13.3. The van der Waals surface area contributed by atoms with Gasteiger partial charge in [-0.05, 0) is 74.4 Å². The molecular weight excluding hydrogens is 444 g/mol. The van der Waals surface area contributed by atoms with Gasteiger partial charge in [0.15, 0.2) is 0 Å². The van der Waals surface area contributed by atoms with Crippen molar-refractivity contribution in [3.8, 4) is 0 Å². The summed E-state index contributed by atoms with van der Waals surface area (Å²) in [6, 6.07) is 11.9. The van der Waals surface area contributed by atoms with Gasteiger partial charge in [0.05, 0.1) is 11.5 Å². The molecule has 0 radical (unpaired) electrons. The molecule has 0 atom stereocenters. The van der Waals surface area contributed by atoms with Crippen LogP contribution in [0, 0.1) is 13.8 Å². The van der Waals surface area contributed by atoms with Gasteiger partial charge in [-0.1, -0.05) is 29.8 Å². The minimum Gasteiger partial charge on any atom is -0.380 e. The Balaban J connectivity index is 1.54. The van der Waals surface area contributed by atoms with E-state index in [-0.39, 0.29) is 0 Å². The summed E-state index contributed by atoms with van der Waals surface area (Å²) in [4.78, 5) is 0.366. The third-order valence-electron chi connectivity index (χ3n) is 6.47. The maximum atomic E-state index is 13.3. The second-order valence-electron chi connectivity index (χ2n) is 8.54. The number of fused-ring (bicyclic) bond motifs is 1. The highest BCUT2D eigenvalue weighted by Gasteiger charge is 2.32. The number of para-hydroxylation sites is 1. The van der Waals surface area contributed by atoms with Crippen LogP contribution in [0.5, 0.6) is 0 Å². The van der Waals surface area contributed by atoms with Crippen molar-refractivity contribution in [2.45, 2.75) is 51.0 Å². The monoisotopic (exact) mass is 474 g/mol. The first kappa shape index (κ1) is 23.3. The zero-order chi connectivity index (χ0) is 22.9. The van der Waals surface area contributed by atoms with E-state index in [4.69, 9.17) is 16.3 Å². The SMILES string of the molecule is CCOCCn1cc(C2CCN(S(=O)(=O)c3cc(C)c(Cl)cc3C)CC2)c2ccccc21. The minimum atomic E-state index is -3.54. The lowest BCUT2D eigenvalue weighted by Gasteiger charge is -2.31. The van der Waals surface area contributed by atoms with Gasteiger partial charge in [-0.25, -0.2) is 8.42 Å². The molecular formula is C25H31ClN2O3S. The number of aryl methyl sites for hydroxylation is 2. The average molecular weight is 475 g/mol. The van der Waals surface area contributed by atoms with Crippen molar-refractivity contribution in [1.82, 2.24) is 8.87 Å². The Kier molecular flexibility index (Phi) is 6.96. The van der Waals surface area contributed by atoms with E-state index >= 15 is 0 Å². The quantitative estimate of drug-likeness (QED) is 0.424. The molecule has 0 amide bonds. The van der Waals surface area contributed by atoms with Crippen LogP contribution in [0.1, 0.15) is 42.4 Å². The standard InChI is InChI=1S/C25H31ClN2O3S/c1-4-31-14-13-27-17-22(21-7-5-6-8-24(21)27)20-9-11-28(12-10-20)32(29,30)25-16-18(2)23(26)15-19(25)3/h5-8,15-17,20H,4,9-14H2,1-3H3. The normalized spacial score (nSPS) is 16.1. The van der Waals surface area contributed by atoms with E-state index in [9.17, 15) is 8.42 Å². The maximum Gasteiger partial charge on any atom is 0.243 e. The van der Waals surface area contributed by atoms with Crippen molar-refractivity contribution in [2.24, 2.45) is 0 Å². The molecule has 1 aromatic heterocycles. The molecule has 32 heavy (non-hydrogen) atoms. The van der Waals surface area contributed by atoms with Crippen molar-refractivity contribution in [3.63, 3.8) is 0 Å². The van der Waals surface area contributed by atoms with Crippen LogP contribution in [0.15, 0.2) is 47.5 Å². The van der Waals surface area contributed by atoms with Crippen LogP contribution >= 0.6 is 11.6 Å². The summed E-state index contributed by atoms with van der Waals surface area (Å²) >= 11 is 6.18. The molecule has 2 heterocycles. The van der Waals surface area contributed by atoms with Gasteiger partial charge in [-0.15, -0.1) is 0 Å². The van der Waals surface area contributed by atoms with E-state index in [2.05, 4.69) is 35.0 Å². The first-order valence-corrected chi connectivity index (χ1v) is 13.1. The number of hydrogen-bond donors (Lipinski definition) is 0. The van der Waals surface area contributed by atoms with Crippen molar-refractivity contribution < 1.29 is 13.2 Å². The fourth-order valence-corrected chi connectivity index (χ4v) is 6.65. The molecule has 0 unspecified atom stereocenters. The van der Waals surface area contributed by atoms with Crippen LogP contribution < -0.4 is 0 Å². The fourth-order valence-electron chi connectivity index (χ4n) is 4.67. The Morgan fingerprint density at radius 1 is 1.09 bits per heavy atom. The second kappa shape index (κ2) is 9.56. The highest BCUT2D eigenvalue weighted by molar-refractivity contribution is 7.89. The molecule has 0 aliphatic carbocycles. The van der Waals surface area contributed by atoms with Crippen molar-refractivity contribution in [1.29, 1.82) is 0 Å². The number of piperidine rings is 1. The van der Waals surface area contributed by atoms with Gasteiger partial charge in [-0.3, -0.25) is 0 Å². The molecule has 1 fully saturated rings. The van der Waals surface area contributed by atoms with Gasteiger partial charge >= 0.3 is 0 Å². The number of rotatable bonds is 7. The summed E-state index contributed by atoms with van der Waals surface area (Å²) in [6.45, 7) is 8.91. The predicted molar refractivity (Wildman–Crippen MR) is 130 cm³/mol. The summed E-state index contributed by atoms with van der Waals surface area (Å²) in [5.41, 5.74) is 4.00. The Morgan fingerprint density at radius 2 is 1.81 bits per heavy atom. The summed E-state index contributed by atoms with van der Waals surface area (Å²) < 4.78 is 36.1. The summed E-state index contributed by atoms with van der Waals surface area (Å²) in [5, 5.41) is 1.86. The van der Waals surface area contributed by atoms with Crippen LogP contribution in [0.2, 0.25) is 5.02 Å². The summed E-state index contributed by atoms with van der Waals surface area (Å²) in [6.07, 6.45) is 3.86. The molecule has 5 nitrogen and oxygen atoms in total. The molecule has 1 aliphatic heterocycles. The van der Waals surface area contributed by atoms with Gasteiger partial charge in [0.25, 0.3) is 0 Å². The molecule has 0 bridgehead atoms. The number of sulfonamides is 1. The van der Waals surface area contributed by atoms with Crippen LogP contribution in [0.4, 0.5) is 0 Å². The number of nitrogens with zero attached hydrogens (tertiary/aromatic N) is 2. The Labute approximate surface area is 196 Å². The zero-order valence-electron chi connectivity index (χ0n) is 19.0. The fraction of sp³-hybridized carbons (Fsp3) is 0.440. The smallest absolute Gasteiger partial charge is 0.243 e. The predicted octanol–water partition coefficient (Wildman–Crippen LogP) is 5.52. The topological polar surface area (TPSA) is 51.5 Å². The average Bonchev–Trinajstić information content (AvgIpc) is 3.15. The van der Waals surface area contributed by atoms with E-state index in [1.54, 1.807) is 16.4 Å². The van der Waals surface area contributed by atoms with Gasteiger partial charge in [0.1, 0.15) is 0 Å². The molecule has 0 saturated carbocycles. The summed E-state index contributed by atoms with van der Waals surface area (Å²) in [7, 11) is -3.54. The van der Waals surface area contributed by atoms with E-state index in [1.165, 1.54) is 16.5 Å². The molecule has 0 spiro atoms. The first-order valence-electron chi connectivity index (χ1n) is 11.2. The second-order valence-corrected chi connectivity index (χ2v) is 10.9. The van der Waals surface area contributed by atoms with Gasteiger partial charge in [0, 0.05) is 48.4 Å². The largest absolute Gasteiger partial charge is 0.380 e. The van der Waals surface area contributed by atoms with Crippen LogP contribution in [0.25, 0.3) is 10.9 Å². The van der Waals surface area contributed by atoms with Gasteiger partial charge in [0.2, 0.25) is 10.0 Å². The molecule has 1 saturated heterocycles. The highest BCUT2D eigenvalue weighted by atomic mass is 35.5. The van der Waals surface area contributed by atoms with E-state index in [0.29, 0.717) is 47.7 Å². The van der Waals surface area contributed by atoms with Crippen molar-refractivity contribution in [3.05, 3.63) is 64.3 Å². The van der Waals surface area contributed by atoms with E-state index in [1.807, 2.05) is 20.8 Å². The lowest BCUT2D eigenvalue weighted by molar-refractivity contribution is 0.140. The van der Waals surface area contributed by atoms with Crippen LogP contribution in [0.3, 0.4) is 0 Å². The number of ether oxygens (including phenoxy) is 1. The van der Waals surface area contributed by atoms with E-state index in [0.717, 1.165) is 24.9 Å². The molecule has 4 rings (SSSR count). The lowest BCUT2D eigenvalue weighted by Crippen LogP contribution is -2.38. The first-order chi connectivity index (χ1) is 15.3. The van der Waals surface area contributed by atoms with Crippen LogP contribution in [-0.2, 0) is 21.3 Å². The zero-order valence-corrected chi connectivity index (χ0v) is 20.5. The lowest BCUT2D eigenvalue weighted by atomic mass is 9.90. The van der Waals surface area contributed by atoms with Gasteiger partial charge in [-0.2, -0.15) is 4.31 Å². The number of hydrogen-bond acceptors (Lipinski definition) is 3. The summed E-state index contributed by atoms with van der Waals surface area (Å²) in [5.74, 6) is 0.341. The molecule has 0 N–H and O–H groups in total. The van der Waals surface area contributed by atoms with Crippen molar-refractivity contribution >= 4 is 32.5 Å². The van der Waals surface area contributed by atoms with Crippen molar-refractivity contribution in [2.75, 3.05) is 26.3 Å². The molecule has 172 valence electrons. The highest BCUT2D eigenvalue weighted by Crippen LogP contribution is 2.36. The van der Waals surface area contributed by atoms with Crippen LogP contribution in [-0.4, -0.2) is 43.6 Å².